The predicted octanol–water partition coefficient (Wildman–Crippen LogP) is 2.81. The maximum absolute atomic E-state index is 12.0. The summed E-state index contributed by atoms with van der Waals surface area (Å²) in [6.07, 6.45) is 0.151. The first-order valence-corrected chi connectivity index (χ1v) is 6.80. The van der Waals surface area contributed by atoms with Gasteiger partial charge in [-0.3, -0.25) is 0 Å². The molecule has 6 heteroatoms. The fourth-order valence-electron chi connectivity index (χ4n) is 1.63. The van der Waals surface area contributed by atoms with Crippen molar-refractivity contribution in [3.05, 3.63) is 28.8 Å². The van der Waals surface area contributed by atoms with Crippen molar-refractivity contribution in [2.75, 3.05) is 12.3 Å². The van der Waals surface area contributed by atoms with Crippen LogP contribution in [0.4, 0.5) is 5.69 Å². The molecule has 0 aliphatic carbocycles. The number of rotatable bonds is 6. The summed E-state index contributed by atoms with van der Waals surface area (Å²) in [6.45, 7) is 3.81. The number of esters is 2. The molecule has 1 aromatic rings. The largest absolute Gasteiger partial charge is 0.463 e. The minimum Gasteiger partial charge on any atom is -0.463 e. The van der Waals surface area contributed by atoms with Gasteiger partial charge in [-0.1, -0.05) is 31.0 Å². The van der Waals surface area contributed by atoms with E-state index in [1.165, 1.54) is 6.07 Å². The number of hydrogen-bond acceptors (Lipinski definition) is 5. The minimum absolute atomic E-state index is 0.137. The SMILES string of the molecule is CCCC(OC(=O)c1cccc(Cl)c1N)C(=O)OCC. The van der Waals surface area contributed by atoms with Crippen LogP contribution in [0.1, 0.15) is 37.0 Å². The maximum atomic E-state index is 12.0. The van der Waals surface area contributed by atoms with Gasteiger partial charge in [0.25, 0.3) is 0 Å². The van der Waals surface area contributed by atoms with Crippen molar-refractivity contribution in [1.82, 2.24) is 0 Å². The van der Waals surface area contributed by atoms with Crippen LogP contribution in [-0.4, -0.2) is 24.6 Å². The third-order valence-corrected chi connectivity index (χ3v) is 2.95. The van der Waals surface area contributed by atoms with E-state index in [1.807, 2.05) is 6.92 Å². The van der Waals surface area contributed by atoms with Crippen molar-refractivity contribution < 1.29 is 19.1 Å². The summed E-state index contributed by atoms with van der Waals surface area (Å²) < 4.78 is 10.0. The predicted molar refractivity (Wildman–Crippen MR) is 76.6 cm³/mol. The first-order valence-electron chi connectivity index (χ1n) is 6.42. The number of para-hydroxylation sites is 1. The van der Waals surface area contributed by atoms with Crippen LogP contribution in [0.2, 0.25) is 5.02 Å². The fourth-order valence-corrected chi connectivity index (χ4v) is 1.80. The van der Waals surface area contributed by atoms with Crippen LogP contribution in [0, 0.1) is 0 Å². The lowest BCUT2D eigenvalue weighted by Gasteiger charge is -2.16. The van der Waals surface area contributed by atoms with Gasteiger partial charge in [0, 0.05) is 0 Å². The second kappa shape index (κ2) is 7.75. The molecule has 0 saturated heterocycles. The minimum atomic E-state index is -0.925. The van der Waals surface area contributed by atoms with Crippen molar-refractivity contribution in [3.8, 4) is 0 Å². The zero-order valence-corrected chi connectivity index (χ0v) is 12.3. The molecule has 110 valence electrons. The highest BCUT2D eigenvalue weighted by Gasteiger charge is 2.25. The number of halogens is 1. The Morgan fingerprint density at radius 2 is 2.05 bits per heavy atom. The Labute approximate surface area is 123 Å². The van der Waals surface area contributed by atoms with Gasteiger partial charge >= 0.3 is 11.9 Å². The summed E-state index contributed by atoms with van der Waals surface area (Å²) in [6, 6.07) is 4.66. The molecule has 0 amide bonds. The van der Waals surface area contributed by atoms with Crippen LogP contribution >= 0.6 is 11.6 Å². The number of nitrogens with two attached hydrogens (primary N) is 1. The summed E-state index contributed by atoms with van der Waals surface area (Å²) in [5, 5.41) is 0.266. The Hall–Kier alpha value is -1.75. The molecule has 0 heterocycles. The number of hydrogen-bond donors (Lipinski definition) is 1. The van der Waals surface area contributed by atoms with Crippen LogP contribution in [0.15, 0.2) is 18.2 Å². The van der Waals surface area contributed by atoms with E-state index in [2.05, 4.69) is 0 Å². The molecule has 1 atom stereocenters. The number of anilines is 1. The van der Waals surface area contributed by atoms with Crippen LogP contribution in [0.5, 0.6) is 0 Å². The standard InChI is InChI=1S/C14H18ClNO4/c1-3-6-11(14(18)19-4-2)20-13(17)9-7-5-8-10(15)12(9)16/h5,7-8,11H,3-4,6,16H2,1-2H3. The molecule has 1 rings (SSSR count). The van der Waals surface area contributed by atoms with E-state index in [-0.39, 0.29) is 22.9 Å². The first-order chi connectivity index (χ1) is 9.51. The van der Waals surface area contributed by atoms with E-state index in [4.69, 9.17) is 26.8 Å². The van der Waals surface area contributed by atoms with Crippen molar-refractivity contribution in [2.24, 2.45) is 0 Å². The molecular formula is C14H18ClNO4. The third kappa shape index (κ3) is 4.13. The molecule has 5 nitrogen and oxygen atoms in total. The Balaban J connectivity index is 2.85. The highest BCUT2D eigenvalue weighted by atomic mass is 35.5. The summed E-state index contributed by atoms with van der Waals surface area (Å²) >= 11 is 5.84. The molecule has 2 N–H and O–H groups in total. The number of benzene rings is 1. The number of ether oxygens (including phenoxy) is 2. The molecule has 1 unspecified atom stereocenters. The van der Waals surface area contributed by atoms with Crippen LogP contribution in [0.3, 0.4) is 0 Å². The average Bonchev–Trinajstić information content (AvgIpc) is 2.41. The van der Waals surface area contributed by atoms with Crippen molar-refractivity contribution in [3.63, 3.8) is 0 Å². The van der Waals surface area contributed by atoms with Gasteiger partial charge in [0.05, 0.1) is 22.9 Å². The molecule has 0 bridgehead atoms. The van der Waals surface area contributed by atoms with E-state index in [0.29, 0.717) is 12.8 Å². The molecule has 0 saturated carbocycles. The average molecular weight is 300 g/mol. The Morgan fingerprint density at radius 3 is 2.65 bits per heavy atom. The summed E-state index contributed by atoms with van der Waals surface area (Å²) in [4.78, 5) is 23.7. The van der Waals surface area contributed by atoms with Gasteiger partial charge < -0.3 is 15.2 Å². The van der Waals surface area contributed by atoms with Gasteiger partial charge in [-0.15, -0.1) is 0 Å². The lowest BCUT2D eigenvalue weighted by molar-refractivity contribution is -0.153. The molecule has 0 aliphatic rings. The second-order valence-corrected chi connectivity index (χ2v) is 4.54. The van der Waals surface area contributed by atoms with E-state index in [9.17, 15) is 9.59 Å². The molecule has 0 aliphatic heterocycles. The molecule has 1 aromatic carbocycles. The molecule has 0 fully saturated rings. The lowest BCUT2D eigenvalue weighted by Crippen LogP contribution is -2.29. The second-order valence-electron chi connectivity index (χ2n) is 4.14. The van der Waals surface area contributed by atoms with E-state index in [1.54, 1.807) is 19.1 Å². The maximum Gasteiger partial charge on any atom is 0.347 e. The topological polar surface area (TPSA) is 78.6 Å². The highest BCUT2D eigenvalue weighted by Crippen LogP contribution is 2.23. The molecule has 20 heavy (non-hydrogen) atoms. The third-order valence-electron chi connectivity index (χ3n) is 2.62. The Kier molecular flexibility index (Phi) is 6.31. The Morgan fingerprint density at radius 1 is 1.35 bits per heavy atom. The molecule has 0 spiro atoms. The molecule has 0 aromatic heterocycles. The van der Waals surface area contributed by atoms with Gasteiger partial charge in [0.2, 0.25) is 0 Å². The van der Waals surface area contributed by atoms with Crippen molar-refractivity contribution >= 4 is 29.2 Å². The Bertz CT molecular complexity index is 490. The van der Waals surface area contributed by atoms with Crippen LogP contribution in [0.25, 0.3) is 0 Å². The van der Waals surface area contributed by atoms with Crippen LogP contribution < -0.4 is 5.73 Å². The van der Waals surface area contributed by atoms with Crippen molar-refractivity contribution in [1.29, 1.82) is 0 Å². The number of nitrogen functional groups attached to an aromatic ring is 1. The van der Waals surface area contributed by atoms with Gasteiger partial charge in [0.15, 0.2) is 6.10 Å². The van der Waals surface area contributed by atoms with E-state index >= 15 is 0 Å². The van der Waals surface area contributed by atoms with Crippen molar-refractivity contribution in [2.45, 2.75) is 32.8 Å². The fraction of sp³-hybridized carbons (Fsp3) is 0.429. The van der Waals surface area contributed by atoms with Gasteiger partial charge in [-0.25, -0.2) is 9.59 Å². The van der Waals surface area contributed by atoms with E-state index in [0.717, 1.165) is 0 Å². The molecule has 0 radical (unpaired) electrons. The zero-order valence-electron chi connectivity index (χ0n) is 11.5. The van der Waals surface area contributed by atoms with Crippen LogP contribution in [-0.2, 0) is 14.3 Å². The summed E-state index contributed by atoms with van der Waals surface area (Å²) in [7, 11) is 0. The first kappa shape index (κ1) is 16.3. The summed E-state index contributed by atoms with van der Waals surface area (Å²) in [5.74, 6) is -1.24. The highest BCUT2D eigenvalue weighted by molar-refractivity contribution is 6.33. The van der Waals surface area contributed by atoms with Gasteiger partial charge in [-0.05, 0) is 25.5 Å². The lowest BCUT2D eigenvalue weighted by atomic mass is 10.1. The quantitative estimate of drug-likeness (QED) is 0.645. The monoisotopic (exact) mass is 299 g/mol. The van der Waals surface area contributed by atoms with E-state index < -0.39 is 18.0 Å². The number of carbonyl (C=O) groups is 2. The van der Waals surface area contributed by atoms with Gasteiger partial charge in [0.1, 0.15) is 0 Å². The smallest absolute Gasteiger partial charge is 0.347 e. The zero-order chi connectivity index (χ0) is 15.1. The van der Waals surface area contributed by atoms with Gasteiger partial charge in [-0.2, -0.15) is 0 Å². The normalized spacial score (nSPS) is 11.8. The summed E-state index contributed by atoms with van der Waals surface area (Å²) in [5.41, 5.74) is 6.00. The number of carbonyl (C=O) groups excluding carboxylic acids is 2. The molecular weight excluding hydrogens is 282 g/mol.